The highest BCUT2D eigenvalue weighted by Crippen LogP contribution is 2.30. The minimum atomic E-state index is -0.154. The highest BCUT2D eigenvalue weighted by molar-refractivity contribution is 7.07. The lowest BCUT2D eigenvalue weighted by Gasteiger charge is -2.27. The van der Waals surface area contributed by atoms with Gasteiger partial charge in [0.2, 0.25) is 0 Å². The zero-order valence-corrected chi connectivity index (χ0v) is 21.9. The number of ether oxygens (including phenoxy) is 2. The van der Waals surface area contributed by atoms with Crippen LogP contribution in [0.25, 0.3) is 0 Å². The minimum absolute atomic E-state index is 0.154. The van der Waals surface area contributed by atoms with Gasteiger partial charge in [-0.2, -0.15) is 9.36 Å². The summed E-state index contributed by atoms with van der Waals surface area (Å²) in [6.45, 7) is 7.80. The molecule has 1 amide bonds. The number of carbonyl (C=O) groups is 1. The van der Waals surface area contributed by atoms with E-state index in [1.807, 2.05) is 55.5 Å². The summed E-state index contributed by atoms with van der Waals surface area (Å²) in [5, 5.41) is 3.51. The highest BCUT2D eigenvalue weighted by atomic mass is 32.1. The molecule has 0 unspecified atom stereocenters. The van der Waals surface area contributed by atoms with Crippen molar-refractivity contribution in [1.82, 2.24) is 14.3 Å². The molecule has 1 aliphatic rings. The van der Waals surface area contributed by atoms with E-state index in [-0.39, 0.29) is 5.91 Å². The average Bonchev–Trinajstić information content (AvgIpc) is 3.35. The smallest absolute Gasteiger partial charge is 0.298 e. The van der Waals surface area contributed by atoms with Gasteiger partial charge in [-0.15, -0.1) is 0 Å². The van der Waals surface area contributed by atoms with Gasteiger partial charge in [0.05, 0.1) is 13.2 Å². The standard InChI is InChI=1S/C29H30N4O3S/c1-20-8-10-25(16-21(20)2)30-28(34)23-9-11-26(24(18-23)19-33-12-14-35-15-13-33)36-29-31-27(32-37-29)17-22-6-4-3-5-7-22/h3-11,16,18H,12-15,17,19H2,1-2H3,(H,30,34). The fourth-order valence-corrected chi connectivity index (χ4v) is 4.75. The van der Waals surface area contributed by atoms with E-state index in [0.717, 1.165) is 41.3 Å². The van der Waals surface area contributed by atoms with Crippen LogP contribution in [0.4, 0.5) is 5.69 Å². The number of hydrogen-bond acceptors (Lipinski definition) is 7. The third-order valence-electron chi connectivity index (χ3n) is 6.44. The van der Waals surface area contributed by atoms with Crippen molar-refractivity contribution in [3.05, 3.63) is 100 Å². The number of amides is 1. The number of anilines is 1. The summed E-state index contributed by atoms with van der Waals surface area (Å²) in [7, 11) is 0. The lowest BCUT2D eigenvalue weighted by molar-refractivity contribution is 0.0339. The second-order valence-corrected chi connectivity index (χ2v) is 9.92. The van der Waals surface area contributed by atoms with Gasteiger partial charge >= 0.3 is 0 Å². The first-order valence-electron chi connectivity index (χ1n) is 12.4. The van der Waals surface area contributed by atoms with Gasteiger partial charge in [0, 0.05) is 54.4 Å². The molecule has 4 aromatic rings. The molecular formula is C29H30N4O3S. The van der Waals surface area contributed by atoms with E-state index in [0.29, 0.717) is 42.7 Å². The molecule has 2 heterocycles. The predicted octanol–water partition coefficient (Wildman–Crippen LogP) is 5.62. The van der Waals surface area contributed by atoms with Gasteiger partial charge in [0.15, 0.2) is 5.82 Å². The Morgan fingerprint density at radius 1 is 1.03 bits per heavy atom. The Balaban J connectivity index is 1.35. The average molecular weight is 515 g/mol. The first-order chi connectivity index (χ1) is 18.0. The molecule has 1 saturated heterocycles. The Kier molecular flexibility index (Phi) is 7.89. The number of morpholine rings is 1. The van der Waals surface area contributed by atoms with Gasteiger partial charge in [0.1, 0.15) is 5.75 Å². The van der Waals surface area contributed by atoms with Gasteiger partial charge in [-0.3, -0.25) is 9.69 Å². The van der Waals surface area contributed by atoms with Crippen LogP contribution in [0, 0.1) is 13.8 Å². The number of nitrogens with zero attached hydrogens (tertiary/aromatic N) is 3. The van der Waals surface area contributed by atoms with Crippen LogP contribution in [-0.2, 0) is 17.7 Å². The van der Waals surface area contributed by atoms with E-state index in [4.69, 9.17) is 9.47 Å². The van der Waals surface area contributed by atoms with Crippen molar-refractivity contribution in [1.29, 1.82) is 0 Å². The number of rotatable bonds is 8. The summed E-state index contributed by atoms with van der Waals surface area (Å²) in [6.07, 6.45) is 0.652. The zero-order chi connectivity index (χ0) is 25.6. The van der Waals surface area contributed by atoms with Gasteiger partial charge in [-0.1, -0.05) is 36.4 Å². The number of hydrogen-bond donors (Lipinski definition) is 1. The van der Waals surface area contributed by atoms with E-state index < -0.39 is 0 Å². The molecule has 1 N–H and O–H groups in total. The van der Waals surface area contributed by atoms with Crippen LogP contribution >= 0.6 is 11.5 Å². The molecule has 0 aliphatic carbocycles. The normalized spacial score (nSPS) is 13.9. The molecule has 1 aliphatic heterocycles. The molecule has 0 bridgehead atoms. The van der Waals surface area contributed by atoms with E-state index in [2.05, 4.69) is 38.6 Å². The molecule has 190 valence electrons. The third-order valence-corrected chi connectivity index (χ3v) is 7.07. The van der Waals surface area contributed by atoms with Gasteiger partial charge in [0.25, 0.3) is 11.1 Å². The quantitative estimate of drug-likeness (QED) is 0.329. The first-order valence-corrected chi connectivity index (χ1v) is 13.2. The maximum absolute atomic E-state index is 13.1. The van der Waals surface area contributed by atoms with Crippen molar-refractivity contribution in [2.45, 2.75) is 26.8 Å². The van der Waals surface area contributed by atoms with E-state index in [1.54, 1.807) is 6.07 Å². The summed E-state index contributed by atoms with van der Waals surface area (Å²) >= 11 is 1.24. The van der Waals surface area contributed by atoms with Crippen molar-refractivity contribution in [2.24, 2.45) is 0 Å². The molecule has 5 rings (SSSR count). The SMILES string of the molecule is Cc1ccc(NC(=O)c2ccc(Oc3nc(Cc4ccccc4)ns3)c(CN3CCOCC3)c2)cc1C. The van der Waals surface area contributed by atoms with E-state index in [9.17, 15) is 4.79 Å². The molecule has 7 nitrogen and oxygen atoms in total. The van der Waals surface area contributed by atoms with Crippen molar-refractivity contribution >= 4 is 23.1 Å². The van der Waals surface area contributed by atoms with Crippen molar-refractivity contribution in [3.63, 3.8) is 0 Å². The van der Waals surface area contributed by atoms with Crippen LogP contribution in [0.15, 0.2) is 66.7 Å². The number of nitrogens with one attached hydrogen (secondary N) is 1. The number of benzene rings is 3. The van der Waals surface area contributed by atoms with Crippen LogP contribution in [0.3, 0.4) is 0 Å². The molecule has 0 saturated carbocycles. The Morgan fingerprint density at radius 3 is 2.62 bits per heavy atom. The molecule has 8 heteroatoms. The van der Waals surface area contributed by atoms with Crippen molar-refractivity contribution in [3.8, 4) is 10.9 Å². The molecule has 1 fully saturated rings. The van der Waals surface area contributed by atoms with Gasteiger partial charge in [-0.25, -0.2) is 0 Å². The second-order valence-electron chi connectivity index (χ2n) is 9.21. The predicted molar refractivity (Wildman–Crippen MR) is 146 cm³/mol. The van der Waals surface area contributed by atoms with Crippen molar-refractivity contribution in [2.75, 3.05) is 31.6 Å². The molecule has 3 aromatic carbocycles. The monoisotopic (exact) mass is 514 g/mol. The van der Waals surface area contributed by atoms with Crippen LogP contribution in [0.1, 0.15) is 38.4 Å². The Labute approximate surface area is 221 Å². The summed E-state index contributed by atoms with van der Waals surface area (Å²) in [6, 6.07) is 21.6. The first kappa shape index (κ1) is 25.1. The molecule has 0 spiro atoms. The minimum Gasteiger partial charge on any atom is -0.430 e. The van der Waals surface area contributed by atoms with Crippen LogP contribution in [0.2, 0.25) is 0 Å². The summed E-state index contributed by atoms with van der Waals surface area (Å²) < 4.78 is 16.2. The molecular weight excluding hydrogens is 484 g/mol. The van der Waals surface area contributed by atoms with Crippen molar-refractivity contribution < 1.29 is 14.3 Å². The van der Waals surface area contributed by atoms with Gasteiger partial charge < -0.3 is 14.8 Å². The summed E-state index contributed by atoms with van der Waals surface area (Å²) in [5.41, 5.74) is 5.77. The zero-order valence-electron chi connectivity index (χ0n) is 21.1. The third kappa shape index (κ3) is 6.60. The number of aromatic nitrogens is 2. The molecule has 0 radical (unpaired) electrons. The molecule has 0 atom stereocenters. The molecule has 1 aromatic heterocycles. The topological polar surface area (TPSA) is 76.6 Å². The Hall–Kier alpha value is -3.59. The largest absolute Gasteiger partial charge is 0.430 e. The van der Waals surface area contributed by atoms with Gasteiger partial charge in [-0.05, 0) is 60.9 Å². The summed E-state index contributed by atoms with van der Waals surface area (Å²) in [5.74, 6) is 1.25. The van der Waals surface area contributed by atoms with E-state index >= 15 is 0 Å². The second kappa shape index (κ2) is 11.6. The van der Waals surface area contributed by atoms with E-state index in [1.165, 1.54) is 17.1 Å². The van der Waals surface area contributed by atoms with Crippen LogP contribution < -0.4 is 10.1 Å². The molecule has 37 heavy (non-hydrogen) atoms. The Bertz CT molecular complexity index is 1370. The highest BCUT2D eigenvalue weighted by Gasteiger charge is 2.18. The fourth-order valence-electron chi connectivity index (χ4n) is 4.19. The van der Waals surface area contributed by atoms with Crippen LogP contribution in [-0.4, -0.2) is 46.5 Å². The lowest BCUT2D eigenvalue weighted by atomic mass is 10.1. The number of aryl methyl sites for hydroxylation is 2. The maximum Gasteiger partial charge on any atom is 0.298 e. The fraction of sp³-hybridized carbons (Fsp3) is 0.276. The number of carbonyl (C=O) groups excluding carboxylic acids is 1. The maximum atomic E-state index is 13.1. The summed E-state index contributed by atoms with van der Waals surface area (Å²) in [4.78, 5) is 20.0. The lowest BCUT2D eigenvalue weighted by Crippen LogP contribution is -2.35. The Morgan fingerprint density at radius 2 is 1.84 bits per heavy atom. The van der Waals surface area contributed by atoms with Crippen LogP contribution in [0.5, 0.6) is 10.9 Å².